The molecule has 1 aliphatic rings. The third-order valence-corrected chi connectivity index (χ3v) is 5.55. The SMILES string of the molecule is NS(=O)(=O)c1ccc(Nc2nc(OCC3CCCC3)c3[nH]cnc3n2)cc1. The molecule has 2 heterocycles. The number of aromatic amines is 1. The molecule has 0 amide bonds. The van der Waals surface area contributed by atoms with Crippen molar-refractivity contribution in [2.75, 3.05) is 11.9 Å². The highest BCUT2D eigenvalue weighted by molar-refractivity contribution is 7.89. The molecule has 1 aliphatic carbocycles. The van der Waals surface area contributed by atoms with Gasteiger partial charge in [-0.25, -0.2) is 18.5 Å². The van der Waals surface area contributed by atoms with Gasteiger partial charge >= 0.3 is 0 Å². The molecule has 0 bridgehead atoms. The van der Waals surface area contributed by atoms with E-state index in [2.05, 4.69) is 25.3 Å². The molecule has 3 aromatic rings. The Morgan fingerprint density at radius 3 is 2.63 bits per heavy atom. The number of anilines is 2. The molecule has 0 unspecified atom stereocenters. The molecule has 1 fully saturated rings. The van der Waals surface area contributed by atoms with Gasteiger partial charge in [-0.2, -0.15) is 9.97 Å². The number of ether oxygens (including phenoxy) is 1. The predicted octanol–water partition coefficient (Wildman–Crippen LogP) is 2.31. The number of fused-ring (bicyclic) bond motifs is 1. The van der Waals surface area contributed by atoms with Crippen molar-refractivity contribution in [3.05, 3.63) is 30.6 Å². The van der Waals surface area contributed by atoms with E-state index in [4.69, 9.17) is 9.88 Å². The van der Waals surface area contributed by atoms with E-state index < -0.39 is 10.0 Å². The van der Waals surface area contributed by atoms with E-state index in [-0.39, 0.29) is 4.90 Å². The summed E-state index contributed by atoms with van der Waals surface area (Å²) < 4.78 is 28.6. The number of aromatic nitrogens is 4. The molecule has 0 atom stereocenters. The summed E-state index contributed by atoms with van der Waals surface area (Å²) in [6.07, 6.45) is 6.40. The maximum Gasteiger partial charge on any atom is 0.245 e. The number of rotatable bonds is 6. The number of hydrogen-bond donors (Lipinski definition) is 3. The molecule has 0 spiro atoms. The lowest BCUT2D eigenvalue weighted by Gasteiger charge is -2.12. The lowest BCUT2D eigenvalue weighted by Crippen LogP contribution is -2.12. The topological polar surface area (TPSA) is 136 Å². The van der Waals surface area contributed by atoms with Crippen molar-refractivity contribution in [3.63, 3.8) is 0 Å². The van der Waals surface area contributed by atoms with Crippen LogP contribution in [0.15, 0.2) is 35.5 Å². The smallest absolute Gasteiger partial charge is 0.245 e. The average Bonchev–Trinajstić information content (AvgIpc) is 3.31. The van der Waals surface area contributed by atoms with E-state index in [0.717, 1.165) is 0 Å². The zero-order valence-electron chi connectivity index (χ0n) is 14.6. The first-order chi connectivity index (χ1) is 13.0. The second-order valence-electron chi connectivity index (χ2n) is 6.61. The fraction of sp³-hybridized carbons (Fsp3) is 0.353. The molecule has 4 N–H and O–H groups in total. The van der Waals surface area contributed by atoms with Crippen molar-refractivity contribution in [2.24, 2.45) is 11.1 Å². The van der Waals surface area contributed by atoms with Crippen molar-refractivity contribution >= 4 is 32.8 Å². The van der Waals surface area contributed by atoms with Crippen molar-refractivity contribution in [2.45, 2.75) is 30.6 Å². The minimum Gasteiger partial charge on any atom is -0.476 e. The highest BCUT2D eigenvalue weighted by Gasteiger charge is 2.18. The summed E-state index contributed by atoms with van der Waals surface area (Å²) in [7, 11) is -3.73. The van der Waals surface area contributed by atoms with Crippen LogP contribution >= 0.6 is 0 Å². The normalized spacial score (nSPS) is 15.3. The van der Waals surface area contributed by atoms with Crippen LogP contribution < -0.4 is 15.2 Å². The van der Waals surface area contributed by atoms with E-state index in [9.17, 15) is 8.42 Å². The monoisotopic (exact) mass is 388 g/mol. The molecule has 0 aliphatic heterocycles. The average molecular weight is 388 g/mol. The highest BCUT2D eigenvalue weighted by Crippen LogP contribution is 2.28. The van der Waals surface area contributed by atoms with Gasteiger partial charge in [0, 0.05) is 5.69 Å². The van der Waals surface area contributed by atoms with Crippen LogP contribution in [-0.4, -0.2) is 35.0 Å². The van der Waals surface area contributed by atoms with Gasteiger partial charge in [0.05, 0.1) is 17.8 Å². The van der Waals surface area contributed by atoms with Gasteiger partial charge in [0.25, 0.3) is 0 Å². The van der Waals surface area contributed by atoms with Gasteiger partial charge < -0.3 is 15.0 Å². The van der Waals surface area contributed by atoms with Gasteiger partial charge in [-0.05, 0) is 43.0 Å². The molecule has 0 radical (unpaired) electrons. The van der Waals surface area contributed by atoms with Crippen molar-refractivity contribution < 1.29 is 13.2 Å². The molecule has 9 nitrogen and oxygen atoms in total. The minimum atomic E-state index is -3.73. The first-order valence-corrected chi connectivity index (χ1v) is 10.3. The Balaban J connectivity index is 1.56. The Kier molecular flexibility index (Phi) is 4.66. The second kappa shape index (κ2) is 7.12. The number of nitrogens with one attached hydrogen (secondary N) is 2. The summed E-state index contributed by atoms with van der Waals surface area (Å²) in [5.41, 5.74) is 1.78. The van der Waals surface area contributed by atoms with Crippen LogP contribution in [0.25, 0.3) is 11.2 Å². The Bertz CT molecular complexity index is 1040. The summed E-state index contributed by atoms with van der Waals surface area (Å²) in [5, 5.41) is 8.15. The second-order valence-corrected chi connectivity index (χ2v) is 8.17. The van der Waals surface area contributed by atoms with Gasteiger partial charge in [0.1, 0.15) is 5.52 Å². The number of hydrogen-bond acceptors (Lipinski definition) is 7. The van der Waals surface area contributed by atoms with Gasteiger partial charge in [-0.1, -0.05) is 12.8 Å². The number of primary sulfonamides is 1. The first-order valence-electron chi connectivity index (χ1n) is 8.73. The molecular formula is C17H20N6O3S. The fourth-order valence-corrected chi connectivity index (χ4v) is 3.71. The molecule has 1 saturated carbocycles. The summed E-state index contributed by atoms with van der Waals surface area (Å²) >= 11 is 0. The van der Waals surface area contributed by atoms with E-state index in [1.165, 1.54) is 37.8 Å². The van der Waals surface area contributed by atoms with Gasteiger partial charge in [0.15, 0.2) is 5.65 Å². The van der Waals surface area contributed by atoms with E-state index in [1.807, 2.05) is 0 Å². The third-order valence-electron chi connectivity index (χ3n) is 4.62. The molecule has 142 valence electrons. The van der Waals surface area contributed by atoms with Crippen LogP contribution in [0, 0.1) is 5.92 Å². The van der Waals surface area contributed by atoms with Crippen LogP contribution in [0.3, 0.4) is 0 Å². The van der Waals surface area contributed by atoms with Crippen LogP contribution in [0.5, 0.6) is 5.88 Å². The van der Waals surface area contributed by atoms with Crippen molar-refractivity contribution in [3.8, 4) is 5.88 Å². The van der Waals surface area contributed by atoms with Crippen molar-refractivity contribution in [1.82, 2.24) is 19.9 Å². The molecule has 10 heteroatoms. The van der Waals surface area contributed by atoms with E-state index in [1.54, 1.807) is 18.5 Å². The standard InChI is InChI=1S/C17H20N6O3S/c18-27(24,25)13-7-5-12(6-8-13)21-17-22-15-14(19-10-20-15)16(23-17)26-9-11-3-1-2-4-11/h5-8,10-11H,1-4,9H2,(H2,18,24,25)(H2,19,20,21,22,23). The molecule has 4 rings (SSSR count). The van der Waals surface area contributed by atoms with Gasteiger partial charge in [-0.3, -0.25) is 0 Å². The van der Waals surface area contributed by atoms with Crippen LogP contribution in [0.1, 0.15) is 25.7 Å². The summed E-state index contributed by atoms with van der Waals surface area (Å²) in [6, 6.07) is 6.03. The van der Waals surface area contributed by atoms with Gasteiger partial charge in [0.2, 0.25) is 21.9 Å². The zero-order valence-corrected chi connectivity index (χ0v) is 15.4. The molecule has 27 heavy (non-hydrogen) atoms. The molecule has 0 saturated heterocycles. The van der Waals surface area contributed by atoms with Crippen LogP contribution in [0.4, 0.5) is 11.6 Å². The fourth-order valence-electron chi connectivity index (χ4n) is 3.20. The number of sulfonamides is 1. The number of imidazole rings is 1. The van der Waals surface area contributed by atoms with Gasteiger partial charge in [-0.15, -0.1) is 0 Å². The molecular weight excluding hydrogens is 368 g/mol. The lowest BCUT2D eigenvalue weighted by molar-refractivity contribution is 0.246. The summed E-state index contributed by atoms with van der Waals surface area (Å²) in [6.45, 7) is 0.619. The zero-order chi connectivity index (χ0) is 18.9. The Morgan fingerprint density at radius 2 is 1.93 bits per heavy atom. The van der Waals surface area contributed by atoms with E-state index >= 15 is 0 Å². The Hall–Kier alpha value is -2.72. The first kappa shape index (κ1) is 17.7. The highest BCUT2D eigenvalue weighted by atomic mass is 32.2. The minimum absolute atomic E-state index is 0.0392. The Labute approximate surface area is 156 Å². The number of H-pyrrole nitrogens is 1. The third kappa shape index (κ3) is 4.01. The number of nitrogens with two attached hydrogens (primary N) is 1. The number of benzene rings is 1. The largest absolute Gasteiger partial charge is 0.476 e. The number of nitrogens with zero attached hydrogens (tertiary/aromatic N) is 3. The maximum atomic E-state index is 11.3. The summed E-state index contributed by atoms with van der Waals surface area (Å²) in [4.78, 5) is 16.0. The Morgan fingerprint density at radius 1 is 1.19 bits per heavy atom. The van der Waals surface area contributed by atoms with Crippen LogP contribution in [-0.2, 0) is 10.0 Å². The quantitative estimate of drug-likeness (QED) is 0.589. The van der Waals surface area contributed by atoms with Crippen molar-refractivity contribution in [1.29, 1.82) is 0 Å². The predicted molar refractivity (Wildman–Crippen MR) is 100 cm³/mol. The molecule has 2 aromatic heterocycles. The van der Waals surface area contributed by atoms with E-state index in [0.29, 0.717) is 41.2 Å². The molecule has 1 aromatic carbocycles. The van der Waals surface area contributed by atoms with Crippen LogP contribution in [0.2, 0.25) is 0 Å². The maximum absolute atomic E-state index is 11.3. The lowest BCUT2D eigenvalue weighted by atomic mass is 10.1. The summed E-state index contributed by atoms with van der Waals surface area (Å²) in [5.74, 6) is 1.33.